The lowest BCUT2D eigenvalue weighted by Gasteiger charge is -2.08. The Kier molecular flexibility index (Phi) is 3.67. The average Bonchev–Trinajstić information content (AvgIpc) is 2.77. The van der Waals surface area contributed by atoms with Crippen molar-refractivity contribution >= 4 is 5.97 Å². The summed E-state index contributed by atoms with van der Waals surface area (Å²) in [6.45, 7) is 2.66. The number of carbonyl (C=O) groups excluding carboxylic acids is 1. The molecule has 1 aromatic carbocycles. The van der Waals surface area contributed by atoms with E-state index in [-0.39, 0.29) is 11.7 Å². The van der Waals surface area contributed by atoms with Crippen molar-refractivity contribution in [1.82, 2.24) is 4.57 Å². The van der Waals surface area contributed by atoms with E-state index in [1.54, 1.807) is 41.8 Å². The highest BCUT2D eigenvalue weighted by atomic mass is 16.5. The van der Waals surface area contributed by atoms with Crippen LogP contribution in [0.1, 0.15) is 23.0 Å². The van der Waals surface area contributed by atoms with Crippen LogP contribution in [0.4, 0.5) is 0 Å². The van der Waals surface area contributed by atoms with Crippen molar-refractivity contribution in [3.8, 4) is 5.75 Å². The molecule has 0 amide bonds. The van der Waals surface area contributed by atoms with Crippen LogP contribution in [-0.4, -0.2) is 22.2 Å². The highest BCUT2D eigenvalue weighted by molar-refractivity contribution is 5.87. The molecular weight excluding hydrogens is 230 g/mol. The van der Waals surface area contributed by atoms with Crippen LogP contribution in [0.2, 0.25) is 0 Å². The van der Waals surface area contributed by atoms with Gasteiger partial charge in [-0.05, 0) is 36.8 Å². The Balaban J connectivity index is 2.20. The number of carbonyl (C=O) groups is 1. The number of rotatable bonds is 4. The molecule has 0 aliphatic heterocycles. The molecule has 0 unspecified atom stereocenters. The van der Waals surface area contributed by atoms with E-state index in [0.717, 1.165) is 5.56 Å². The molecule has 0 aliphatic rings. The Morgan fingerprint density at radius 1 is 1.33 bits per heavy atom. The molecule has 0 fully saturated rings. The number of aromatic nitrogens is 1. The minimum atomic E-state index is -0.331. The van der Waals surface area contributed by atoms with E-state index >= 15 is 0 Å². The summed E-state index contributed by atoms with van der Waals surface area (Å²) >= 11 is 0. The van der Waals surface area contributed by atoms with Crippen LogP contribution in [0.25, 0.3) is 0 Å². The molecule has 0 atom stereocenters. The monoisotopic (exact) mass is 245 g/mol. The molecule has 2 aromatic rings. The first-order valence-electron chi connectivity index (χ1n) is 5.81. The maximum Gasteiger partial charge on any atom is 0.354 e. The summed E-state index contributed by atoms with van der Waals surface area (Å²) in [4.78, 5) is 11.7. The average molecular weight is 245 g/mol. The number of ether oxygens (including phenoxy) is 1. The first-order valence-corrected chi connectivity index (χ1v) is 5.81. The van der Waals surface area contributed by atoms with E-state index in [2.05, 4.69) is 0 Å². The number of phenolic OH excluding ortho intramolecular Hbond substituents is 1. The molecule has 1 N–H and O–H groups in total. The zero-order valence-corrected chi connectivity index (χ0v) is 10.2. The van der Waals surface area contributed by atoms with E-state index in [1.807, 2.05) is 12.3 Å². The Hall–Kier alpha value is -2.23. The third-order valence-corrected chi connectivity index (χ3v) is 2.58. The molecule has 4 heteroatoms. The van der Waals surface area contributed by atoms with Crippen molar-refractivity contribution in [3.05, 3.63) is 53.9 Å². The van der Waals surface area contributed by atoms with Crippen LogP contribution in [0.15, 0.2) is 42.6 Å². The van der Waals surface area contributed by atoms with E-state index in [0.29, 0.717) is 18.8 Å². The van der Waals surface area contributed by atoms with Crippen LogP contribution in [-0.2, 0) is 11.3 Å². The van der Waals surface area contributed by atoms with E-state index in [9.17, 15) is 9.90 Å². The molecule has 1 heterocycles. The van der Waals surface area contributed by atoms with Gasteiger partial charge in [-0.3, -0.25) is 0 Å². The van der Waals surface area contributed by atoms with Crippen molar-refractivity contribution < 1.29 is 14.6 Å². The topological polar surface area (TPSA) is 51.5 Å². The Bertz CT molecular complexity index is 545. The van der Waals surface area contributed by atoms with Gasteiger partial charge in [-0.15, -0.1) is 0 Å². The second-order valence-electron chi connectivity index (χ2n) is 3.91. The van der Waals surface area contributed by atoms with Crippen LogP contribution in [0.5, 0.6) is 5.75 Å². The van der Waals surface area contributed by atoms with Gasteiger partial charge in [-0.2, -0.15) is 0 Å². The molecule has 18 heavy (non-hydrogen) atoms. The Morgan fingerprint density at radius 2 is 2.17 bits per heavy atom. The minimum Gasteiger partial charge on any atom is -0.508 e. The van der Waals surface area contributed by atoms with Crippen molar-refractivity contribution in [1.29, 1.82) is 0 Å². The molecule has 0 spiro atoms. The molecule has 0 bridgehead atoms. The van der Waals surface area contributed by atoms with E-state index in [4.69, 9.17) is 4.74 Å². The lowest BCUT2D eigenvalue weighted by atomic mass is 10.2. The molecule has 0 aliphatic carbocycles. The molecule has 0 radical (unpaired) electrons. The van der Waals surface area contributed by atoms with Crippen LogP contribution in [0.3, 0.4) is 0 Å². The zero-order chi connectivity index (χ0) is 13.0. The van der Waals surface area contributed by atoms with Gasteiger partial charge in [0.05, 0.1) is 6.61 Å². The van der Waals surface area contributed by atoms with Gasteiger partial charge in [0.2, 0.25) is 0 Å². The largest absolute Gasteiger partial charge is 0.508 e. The quantitative estimate of drug-likeness (QED) is 0.841. The number of benzene rings is 1. The number of hydrogen-bond donors (Lipinski definition) is 1. The second kappa shape index (κ2) is 5.40. The number of phenols is 1. The predicted octanol–water partition coefficient (Wildman–Crippen LogP) is 2.42. The predicted molar refractivity (Wildman–Crippen MR) is 67.6 cm³/mol. The standard InChI is InChI=1S/C14H15NO3/c1-2-18-14(17)13-7-4-8-15(13)10-11-5-3-6-12(16)9-11/h3-9,16H,2,10H2,1H3. The number of aromatic hydroxyl groups is 1. The van der Waals surface area contributed by atoms with Gasteiger partial charge in [0.15, 0.2) is 0 Å². The second-order valence-corrected chi connectivity index (χ2v) is 3.91. The van der Waals surface area contributed by atoms with E-state index in [1.165, 1.54) is 0 Å². The van der Waals surface area contributed by atoms with Crippen LogP contribution in [0, 0.1) is 0 Å². The summed E-state index contributed by atoms with van der Waals surface area (Å²) in [6.07, 6.45) is 1.82. The maximum absolute atomic E-state index is 11.7. The minimum absolute atomic E-state index is 0.220. The highest BCUT2D eigenvalue weighted by Gasteiger charge is 2.11. The zero-order valence-electron chi connectivity index (χ0n) is 10.2. The highest BCUT2D eigenvalue weighted by Crippen LogP contribution is 2.14. The first kappa shape index (κ1) is 12.2. The first-order chi connectivity index (χ1) is 8.70. The molecule has 0 saturated carbocycles. The van der Waals surface area contributed by atoms with E-state index < -0.39 is 0 Å². The lowest BCUT2D eigenvalue weighted by molar-refractivity contribution is 0.0514. The molecule has 94 valence electrons. The normalized spacial score (nSPS) is 10.3. The lowest BCUT2D eigenvalue weighted by Crippen LogP contribution is -2.12. The summed E-state index contributed by atoms with van der Waals surface area (Å²) in [7, 11) is 0. The summed E-state index contributed by atoms with van der Waals surface area (Å²) in [5.74, 6) is -0.111. The van der Waals surface area contributed by atoms with Gasteiger partial charge < -0.3 is 14.4 Å². The SMILES string of the molecule is CCOC(=O)c1cccn1Cc1cccc(O)c1. The van der Waals surface area contributed by atoms with Crippen molar-refractivity contribution in [3.63, 3.8) is 0 Å². The van der Waals surface area contributed by atoms with Crippen LogP contribution < -0.4 is 0 Å². The van der Waals surface area contributed by atoms with Gasteiger partial charge in [-0.25, -0.2) is 4.79 Å². The number of hydrogen-bond acceptors (Lipinski definition) is 3. The van der Waals surface area contributed by atoms with Crippen molar-refractivity contribution in [2.24, 2.45) is 0 Å². The van der Waals surface area contributed by atoms with Gasteiger partial charge in [-0.1, -0.05) is 12.1 Å². The molecular formula is C14H15NO3. The summed E-state index contributed by atoms with van der Waals surface area (Å²) in [5, 5.41) is 9.40. The third kappa shape index (κ3) is 2.71. The molecule has 0 saturated heterocycles. The summed E-state index contributed by atoms with van der Waals surface area (Å²) < 4.78 is 6.78. The van der Waals surface area contributed by atoms with Crippen LogP contribution >= 0.6 is 0 Å². The summed E-state index contributed by atoms with van der Waals surface area (Å²) in [6, 6.07) is 10.5. The van der Waals surface area contributed by atoms with Gasteiger partial charge in [0.25, 0.3) is 0 Å². The van der Waals surface area contributed by atoms with Crippen molar-refractivity contribution in [2.75, 3.05) is 6.61 Å². The Morgan fingerprint density at radius 3 is 2.89 bits per heavy atom. The Labute approximate surface area is 105 Å². The van der Waals surface area contributed by atoms with Gasteiger partial charge in [0.1, 0.15) is 11.4 Å². The fraction of sp³-hybridized carbons (Fsp3) is 0.214. The van der Waals surface area contributed by atoms with Gasteiger partial charge in [0, 0.05) is 12.7 Å². The fourth-order valence-electron chi connectivity index (χ4n) is 1.79. The molecule has 2 rings (SSSR count). The molecule has 4 nitrogen and oxygen atoms in total. The smallest absolute Gasteiger partial charge is 0.354 e. The fourth-order valence-corrected chi connectivity index (χ4v) is 1.79. The number of nitrogens with zero attached hydrogens (tertiary/aromatic N) is 1. The number of esters is 1. The molecule has 1 aromatic heterocycles. The van der Waals surface area contributed by atoms with Gasteiger partial charge >= 0.3 is 5.97 Å². The third-order valence-electron chi connectivity index (χ3n) is 2.58. The van der Waals surface area contributed by atoms with Crippen molar-refractivity contribution in [2.45, 2.75) is 13.5 Å². The summed E-state index contributed by atoms with van der Waals surface area (Å²) in [5.41, 5.74) is 1.44. The maximum atomic E-state index is 11.7.